The number of amides is 1. The van der Waals surface area contributed by atoms with Gasteiger partial charge in [-0.1, -0.05) is 32.0 Å². The molecule has 146 valence electrons. The molecule has 28 heavy (non-hydrogen) atoms. The monoisotopic (exact) mass is 382 g/mol. The van der Waals surface area contributed by atoms with Crippen LogP contribution in [0.15, 0.2) is 42.5 Å². The van der Waals surface area contributed by atoms with Gasteiger partial charge >= 0.3 is 5.97 Å². The van der Waals surface area contributed by atoms with E-state index in [2.05, 4.69) is 0 Å². The van der Waals surface area contributed by atoms with E-state index in [0.717, 1.165) is 29.7 Å². The Labute approximate surface area is 163 Å². The van der Waals surface area contributed by atoms with Gasteiger partial charge in [0.2, 0.25) is 5.91 Å². The highest BCUT2D eigenvalue weighted by molar-refractivity contribution is 6.00. The van der Waals surface area contributed by atoms with Crippen molar-refractivity contribution in [2.75, 3.05) is 11.4 Å². The van der Waals surface area contributed by atoms with Crippen molar-refractivity contribution in [3.05, 3.63) is 63.7 Å². The zero-order chi connectivity index (χ0) is 20.3. The second-order valence-electron chi connectivity index (χ2n) is 6.71. The lowest BCUT2D eigenvalue weighted by Crippen LogP contribution is -2.29. The van der Waals surface area contributed by atoms with E-state index in [1.54, 1.807) is 4.90 Å². The van der Waals surface area contributed by atoms with E-state index in [9.17, 15) is 19.7 Å². The summed E-state index contributed by atoms with van der Waals surface area (Å²) in [4.78, 5) is 37.1. The summed E-state index contributed by atoms with van der Waals surface area (Å²) in [5.74, 6) is -0.944. The second-order valence-corrected chi connectivity index (χ2v) is 6.71. The largest absolute Gasteiger partial charge is 0.426 e. The first-order valence-corrected chi connectivity index (χ1v) is 9.31. The number of ether oxygens (including phenoxy) is 1. The summed E-state index contributed by atoms with van der Waals surface area (Å²) in [6, 6.07) is 11.3. The summed E-state index contributed by atoms with van der Waals surface area (Å²) < 4.78 is 5.34. The van der Waals surface area contributed by atoms with Crippen molar-refractivity contribution in [2.24, 2.45) is 5.92 Å². The Kier molecular flexibility index (Phi) is 5.73. The normalized spacial score (nSPS) is 16.3. The minimum Gasteiger partial charge on any atom is -0.426 e. The van der Waals surface area contributed by atoms with Gasteiger partial charge in [0, 0.05) is 30.8 Å². The van der Waals surface area contributed by atoms with Crippen molar-refractivity contribution in [3.63, 3.8) is 0 Å². The highest BCUT2D eigenvalue weighted by Crippen LogP contribution is 2.33. The van der Waals surface area contributed by atoms with Gasteiger partial charge in [-0.3, -0.25) is 19.7 Å². The lowest BCUT2D eigenvalue weighted by Gasteiger charge is -2.23. The molecule has 1 heterocycles. The first-order valence-electron chi connectivity index (χ1n) is 9.31. The van der Waals surface area contributed by atoms with E-state index in [1.807, 2.05) is 32.0 Å². The molecule has 3 rings (SSSR count). The van der Waals surface area contributed by atoms with Crippen LogP contribution in [0.25, 0.3) is 0 Å². The molecule has 0 aliphatic carbocycles. The second kappa shape index (κ2) is 8.21. The van der Waals surface area contributed by atoms with Crippen LogP contribution in [0.1, 0.15) is 31.4 Å². The molecule has 0 unspecified atom stereocenters. The predicted octanol–water partition coefficient (Wildman–Crippen LogP) is 3.68. The molecule has 7 nitrogen and oxygen atoms in total. The van der Waals surface area contributed by atoms with Crippen LogP contribution >= 0.6 is 0 Å². The molecule has 1 amide bonds. The number of esters is 1. The molecule has 0 radical (unpaired) electrons. The van der Waals surface area contributed by atoms with Crippen molar-refractivity contribution in [1.29, 1.82) is 0 Å². The van der Waals surface area contributed by atoms with E-state index in [-0.39, 0.29) is 30.3 Å². The van der Waals surface area contributed by atoms with Gasteiger partial charge < -0.3 is 9.64 Å². The lowest BCUT2D eigenvalue weighted by atomic mass is 10.0. The van der Waals surface area contributed by atoms with Crippen molar-refractivity contribution in [2.45, 2.75) is 33.1 Å². The predicted molar refractivity (Wildman–Crippen MR) is 104 cm³/mol. The van der Waals surface area contributed by atoms with E-state index in [4.69, 9.17) is 4.74 Å². The molecule has 0 N–H and O–H groups in total. The van der Waals surface area contributed by atoms with Crippen molar-refractivity contribution < 1.29 is 19.2 Å². The molecule has 1 saturated heterocycles. The zero-order valence-electron chi connectivity index (χ0n) is 15.9. The first-order chi connectivity index (χ1) is 13.4. The van der Waals surface area contributed by atoms with Crippen LogP contribution in [0, 0.1) is 16.0 Å². The third-order valence-corrected chi connectivity index (χ3v) is 4.96. The molecule has 2 aromatic carbocycles. The van der Waals surface area contributed by atoms with Gasteiger partial charge in [-0.2, -0.15) is 0 Å². The maximum atomic E-state index is 12.6. The van der Waals surface area contributed by atoms with Gasteiger partial charge in [0.15, 0.2) is 0 Å². The Morgan fingerprint density at radius 3 is 2.29 bits per heavy atom. The lowest BCUT2D eigenvalue weighted by molar-refractivity contribution is -0.384. The molecule has 0 saturated carbocycles. The number of nitrogens with zero attached hydrogens (tertiary/aromatic N) is 2. The van der Waals surface area contributed by atoms with Crippen LogP contribution in [0.4, 0.5) is 11.4 Å². The molecule has 1 aliphatic heterocycles. The molecule has 0 spiro atoms. The number of hydrogen-bond acceptors (Lipinski definition) is 5. The smallest absolute Gasteiger partial charge is 0.316 e. The third-order valence-electron chi connectivity index (χ3n) is 4.96. The van der Waals surface area contributed by atoms with Crippen molar-refractivity contribution in [3.8, 4) is 5.75 Å². The van der Waals surface area contributed by atoms with E-state index < -0.39 is 16.8 Å². The van der Waals surface area contributed by atoms with Gasteiger partial charge in [0.1, 0.15) is 5.75 Å². The number of benzene rings is 2. The van der Waals surface area contributed by atoms with E-state index in [0.29, 0.717) is 0 Å². The fraction of sp³-hybridized carbons (Fsp3) is 0.333. The number of carbonyl (C=O) groups is 2. The zero-order valence-corrected chi connectivity index (χ0v) is 15.9. The maximum absolute atomic E-state index is 12.6. The average Bonchev–Trinajstić information content (AvgIpc) is 3.09. The van der Waals surface area contributed by atoms with Crippen LogP contribution in [0.5, 0.6) is 5.75 Å². The number of carbonyl (C=O) groups excluding carboxylic acids is 2. The highest BCUT2D eigenvalue weighted by Gasteiger charge is 2.37. The van der Waals surface area contributed by atoms with E-state index in [1.165, 1.54) is 24.3 Å². The van der Waals surface area contributed by atoms with Crippen molar-refractivity contribution in [1.82, 2.24) is 0 Å². The summed E-state index contributed by atoms with van der Waals surface area (Å²) in [6.45, 7) is 4.35. The Morgan fingerprint density at radius 1 is 1.14 bits per heavy atom. The quantitative estimate of drug-likeness (QED) is 0.329. The first kappa shape index (κ1) is 19.5. The number of nitro benzene ring substituents is 1. The molecule has 1 aliphatic rings. The molecule has 7 heteroatoms. The maximum Gasteiger partial charge on any atom is 0.316 e. The SMILES string of the molecule is CCc1cccc(CC)c1N1C[C@H](C(=O)Oc2ccc([N+](=O)[O-])cc2)CC1=O. The topological polar surface area (TPSA) is 89.8 Å². The standard InChI is InChI=1S/C21H22N2O5/c1-3-14-6-5-7-15(4-2)20(14)22-13-16(12-19(22)24)21(25)28-18-10-8-17(9-11-18)23(26)27/h5-11,16H,3-4,12-13H2,1-2H3/t16-/m1/s1. The van der Waals surface area contributed by atoms with Crippen LogP contribution in [0.2, 0.25) is 0 Å². The fourth-order valence-electron chi connectivity index (χ4n) is 3.48. The Morgan fingerprint density at radius 2 is 1.75 bits per heavy atom. The minimum absolute atomic E-state index is 0.0784. The highest BCUT2D eigenvalue weighted by atomic mass is 16.6. The number of hydrogen-bond donors (Lipinski definition) is 0. The molecule has 1 atom stereocenters. The summed E-state index contributed by atoms with van der Waals surface area (Å²) in [5.41, 5.74) is 2.99. The molecule has 2 aromatic rings. The van der Waals surface area contributed by atoms with Gasteiger partial charge in [-0.05, 0) is 36.1 Å². The number of para-hydroxylation sites is 1. The molecule has 0 aromatic heterocycles. The number of aryl methyl sites for hydroxylation is 2. The third kappa shape index (κ3) is 3.88. The van der Waals surface area contributed by atoms with Gasteiger partial charge in [-0.25, -0.2) is 0 Å². The minimum atomic E-state index is -0.572. The average molecular weight is 382 g/mol. The molecular weight excluding hydrogens is 360 g/mol. The molecule has 0 bridgehead atoms. The van der Waals surface area contributed by atoms with Crippen molar-refractivity contribution >= 4 is 23.3 Å². The van der Waals surface area contributed by atoms with Crippen LogP contribution in [-0.2, 0) is 22.4 Å². The summed E-state index contributed by atoms with van der Waals surface area (Å²) >= 11 is 0. The summed E-state index contributed by atoms with van der Waals surface area (Å²) in [7, 11) is 0. The number of nitro groups is 1. The van der Waals surface area contributed by atoms with Gasteiger partial charge in [0.05, 0.1) is 10.8 Å². The van der Waals surface area contributed by atoms with Crippen LogP contribution in [-0.4, -0.2) is 23.3 Å². The number of non-ortho nitro benzene ring substituents is 1. The Balaban J connectivity index is 1.76. The van der Waals surface area contributed by atoms with E-state index >= 15 is 0 Å². The summed E-state index contributed by atoms with van der Waals surface area (Å²) in [5, 5.41) is 10.7. The Bertz CT molecular complexity index is 885. The summed E-state index contributed by atoms with van der Waals surface area (Å²) in [6.07, 6.45) is 1.68. The Hall–Kier alpha value is -3.22. The van der Waals surface area contributed by atoms with Gasteiger partial charge in [-0.15, -0.1) is 0 Å². The molecular formula is C21H22N2O5. The van der Waals surface area contributed by atoms with Crippen LogP contribution in [0.3, 0.4) is 0 Å². The number of anilines is 1. The van der Waals surface area contributed by atoms with Gasteiger partial charge in [0.25, 0.3) is 5.69 Å². The molecule has 1 fully saturated rings. The number of rotatable bonds is 6. The van der Waals surface area contributed by atoms with Crippen LogP contribution < -0.4 is 9.64 Å². The fourth-order valence-corrected chi connectivity index (χ4v) is 3.48.